The SMILES string of the molecule is O=C(NCC[NH+]1CCOCC1)[C@@H]1CC(=O)N(c2ccc(F)cc2)C1. The average Bonchev–Trinajstić information content (AvgIpc) is 2.98. The second kappa shape index (κ2) is 7.72. The zero-order valence-electron chi connectivity index (χ0n) is 13.6. The van der Waals surface area contributed by atoms with E-state index in [2.05, 4.69) is 5.32 Å². The van der Waals surface area contributed by atoms with Crippen LogP contribution in [0.4, 0.5) is 10.1 Å². The number of morpholine rings is 1. The Morgan fingerprint density at radius 1 is 1.29 bits per heavy atom. The predicted octanol–water partition coefficient (Wildman–Crippen LogP) is -0.790. The van der Waals surface area contributed by atoms with Gasteiger partial charge in [0.15, 0.2) is 0 Å². The van der Waals surface area contributed by atoms with Gasteiger partial charge in [-0.2, -0.15) is 0 Å². The Balaban J connectivity index is 1.47. The number of nitrogens with one attached hydrogen (secondary N) is 2. The molecule has 7 heteroatoms. The van der Waals surface area contributed by atoms with Crippen molar-refractivity contribution in [2.75, 3.05) is 50.8 Å². The number of nitrogens with zero attached hydrogens (tertiary/aromatic N) is 1. The van der Waals surface area contributed by atoms with E-state index in [0.29, 0.717) is 18.8 Å². The van der Waals surface area contributed by atoms with Gasteiger partial charge in [-0.3, -0.25) is 9.59 Å². The van der Waals surface area contributed by atoms with E-state index in [1.54, 1.807) is 17.0 Å². The number of carbonyl (C=O) groups excluding carboxylic acids is 2. The van der Waals surface area contributed by atoms with Gasteiger partial charge in [-0.05, 0) is 24.3 Å². The highest BCUT2D eigenvalue weighted by atomic mass is 19.1. The van der Waals surface area contributed by atoms with Gasteiger partial charge in [0.1, 0.15) is 18.9 Å². The van der Waals surface area contributed by atoms with Gasteiger partial charge in [0.2, 0.25) is 11.8 Å². The number of ether oxygens (including phenoxy) is 1. The lowest BCUT2D eigenvalue weighted by atomic mass is 10.1. The number of hydrogen-bond donors (Lipinski definition) is 2. The zero-order valence-corrected chi connectivity index (χ0v) is 13.6. The zero-order chi connectivity index (χ0) is 16.9. The fourth-order valence-corrected chi connectivity index (χ4v) is 3.17. The first-order chi connectivity index (χ1) is 11.6. The number of halogens is 1. The third kappa shape index (κ3) is 4.10. The lowest BCUT2D eigenvalue weighted by Gasteiger charge is -2.24. The molecular formula is C17H23FN3O3+. The third-order valence-corrected chi connectivity index (χ3v) is 4.61. The van der Waals surface area contributed by atoms with Crippen LogP contribution in [-0.2, 0) is 14.3 Å². The van der Waals surface area contributed by atoms with E-state index in [4.69, 9.17) is 4.74 Å². The van der Waals surface area contributed by atoms with E-state index in [0.717, 1.165) is 32.8 Å². The molecule has 0 aromatic heterocycles. The molecule has 2 heterocycles. The van der Waals surface area contributed by atoms with Crippen LogP contribution in [0.5, 0.6) is 0 Å². The summed E-state index contributed by atoms with van der Waals surface area (Å²) in [4.78, 5) is 27.4. The Morgan fingerprint density at radius 3 is 2.71 bits per heavy atom. The van der Waals surface area contributed by atoms with Crippen molar-refractivity contribution < 1.29 is 23.6 Å². The predicted molar refractivity (Wildman–Crippen MR) is 86.3 cm³/mol. The van der Waals surface area contributed by atoms with E-state index < -0.39 is 0 Å². The van der Waals surface area contributed by atoms with E-state index in [1.807, 2.05) is 0 Å². The van der Waals surface area contributed by atoms with Crippen molar-refractivity contribution in [3.8, 4) is 0 Å². The molecule has 0 radical (unpaired) electrons. The first-order valence-corrected chi connectivity index (χ1v) is 8.38. The van der Waals surface area contributed by atoms with Crippen molar-refractivity contribution in [2.24, 2.45) is 5.92 Å². The molecule has 0 bridgehead atoms. The number of benzene rings is 1. The molecule has 3 rings (SSSR count). The van der Waals surface area contributed by atoms with Crippen molar-refractivity contribution in [3.05, 3.63) is 30.1 Å². The van der Waals surface area contributed by atoms with Gasteiger partial charge >= 0.3 is 0 Å². The quantitative estimate of drug-likeness (QED) is 0.741. The Morgan fingerprint density at radius 2 is 2.00 bits per heavy atom. The maximum Gasteiger partial charge on any atom is 0.227 e. The van der Waals surface area contributed by atoms with E-state index >= 15 is 0 Å². The van der Waals surface area contributed by atoms with Crippen LogP contribution in [0, 0.1) is 11.7 Å². The lowest BCUT2D eigenvalue weighted by Crippen LogP contribution is -3.14. The molecule has 2 fully saturated rings. The number of hydrogen-bond acceptors (Lipinski definition) is 3. The highest BCUT2D eigenvalue weighted by molar-refractivity contribution is 6.00. The monoisotopic (exact) mass is 336 g/mol. The minimum Gasteiger partial charge on any atom is -0.370 e. The van der Waals surface area contributed by atoms with E-state index in [1.165, 1.54) is 17.0 Å². The molecule has 0 saturated carbocycles. The van der Waals surface area contributed by atoms with Crippen LogP contribution >= 0.6 is 0 Å². The summed E-state index contributed by atoms with van der Waals surface area (Å²) < 4.78 is 18.3. The fraction of sp³-hybridized carbons (Fsp3) is 0.529. The van der Waals surface area contributed by atoms with Gasteiger partial charge in [0.25, 0.3) is 0 Å². The largest absolute Gasteiger partial charge is 0.370 e. The first-order valence-electron chi connectivity index (χ1n) is 8.38. The topological polar surface area (TPSA) is 63.1 Å². The Bertz CT molecular complexity index is 587. The fourth-order valence-electron chi connectivity index (χ4n) is 3.17. The number of carbonyl (C=O) groups is 2. The molecule has 2 aliphatic heterocycles. The number of amides is 2. The molecule has 1 aromatic carbocycles. The highest BCUT2D eigenvalue weighted by Crippen LogP contribution is 2.25. The highest BCUT2D eigenvalue weighted by Gasteiger charge is 2.35. The van der Waals surface area contributed by atoms with Gasteiger partial charge in [-0.15, -0.1) is 0 Å². The van der Waals surface area contributed by atoms with Crippen LogP contribution in [0.15, 0.2) is 24.3 Å². The smallest absolute Gasteiger partial charge is 0.227 e. The van der Waals surface area contributed by atoms with Gasteiger partial charge in [0, 0.05) is 18.7 Å². The minimum absolute atomic E-state index is 0.0828. The van der Waals surface area contributed by atoms with Crippen LogP contribution in [0.2, 0.25) is 0 Å². The van der Waals surface area contributed by atoms with Crippen molar-refractivity contribution in [1.82, 2.24) is 5.32 Å². The van der Waals surface area contributed by atoms with Crippen LogP contribution in [0.3, 0.4) is 0 Å². The molecule has 2 saturated heterocycles. The molecular weight excluding hydrogens is 313 g/mol. The summed E-state index contributed by atoms with van der Waals surface area (Å²) in [5.74, 6) is -0.867. The van der Waals surface area contributed by atoms with Crippen molar-refractivity contribution in [1.29, 1.82) is 0 Å². The lowest BCUT2D eigenvalue weighted by molar-refractivity contribution is -0.906. The van der Waals surface area contributed by atoms with Gasteiger partial charge < -0.3 is 19.9 Å². The Kier molecular flexibility index (Phi) is 5.42. The molecule has 1 atom stereocenters. The third-order valence-electron chi connectivity index (χ3n) is 4.61. The summed E-state index contributed by atoms with van der Waals surface area (Å²) in [7, 11) is 0. The van der Waals surface area contributed by atoms with Crippen LogP contribution in [-0.4, -0.2) is 57.8 Å². The van der Waals surface area contributed by atoms with Crippen LogP contribution in [0.1, 0.15) is 6.42 Å². The summed E-state index contributed by atoms with van der Waals surface area (Å²) in [5, 5.41) is 2.93. The van der Waals surface area contributed by atoms with Crippen LogP contribution < -0.4 is 15.1 Å². The van der Waals surface area contributed by atoms with Crippen LogP contribution in [0.25, 0.3) is 0 Å². The Hall–Kier alpha value is -1.99. The first kappa shape index (κ1) is 16.9. The maximum absolute atomic E-state index is 13.0. The van der Waals surface area contributed by atoms with E-state index in [9.17, 15) is 14.0 Å². The molecule has 6 nitrogen and oxygen atoms in total. The van der Waals surface area contributed by atoms with Gasteiger partial charge in [-0.25, -0.2) is 4.39 Å². The molecule has 0 unspecified atom stereocenters. The molecule has 24 heavy (non-hydrogen) atoms. The summed E-state index contributed by atoms with van der Waals surface area (Å²) >= 11 is 0. The second-order valence-electron chi connectivity index (χ2n) is 6.29. The molecule has 2 amide bonds. The van der Waals surface area contributed by atoms with Crippen molar-refractivity contribution in [3.63, 3.8) is 0 Å². The van der Waals surface area contributed by atoms with Crippen molar-refractivity contribution >= 4 is 17.5 Å². The second-order valence-corrected chi connectivity index (χ2v) is 6.29. The van der Waals surface area contributed by atoms with Gasteiger partial charge in [0.05, 0.1) is 32.2 Å². The maximum atomic E-state index is 13.0. The minimum atomic E-state index is -0.345. The Labute approximate surface area is 140 Å². The number of rotatable bonds is 5. The summed E-state index contributed by atoms with van der Waals surface area (Å²) in [5.41, 5.74) is 0.634. The molecule has 130 valence electrons. The number of quaternary nitrogens is 1. The van der Waals surface area contributed by atoms with Gasteiger partial charge in [-0.1, -0.05) is 0 Å². The number of anilines is 1. The summed E-state index contributed by atoms with van der Waals surface area (Å²) in [6.07, 6.45) is 0.202. The molecule has 0 spiro atoms. The standard InChI is InChI=1S/C17H22FN3O3/c18-14-1-3-15(4-2-14)21-12-13(11-16(21)22)17(23)19-5-6-20-7-9-24-10-8-20/h1-4,13H,5-12H2,(H,19,23)/p+1/t13-/m1/s1. The summed E-state index contributed by atoms with van der Waals surface area (Å²) in [6.45, 7) is 5.31. The molecule has 2 N–H and O–H groups in total. The summed E-state index contributed by atoms with van der Waals surface area (Å²) in [6, 6.07) is 5.77. The van der Waals surface area contributed by atoms with Crippen molar-refractivity contribution in [2.45, 2.75) is 6.42 Å². The van der Waals surface area contributed by atoms with E-state index in [-0.39, 0.29) is 30.0 Å². The normalized spacial score (nSPS) is 22.0. The molecule has 0 aliphatic carbocycles. The average molecular weight is 336 g/mol. The molecule has 1 aromatic rings. The molecule has 2 aliphatic rings.